The quantitative estimate of drug-likeness (QED) is 0.744. The third kappa shape index (κ3) is 1.85. The highest BCUT2D eigenvalue weighted by Gasteiger charge is 2.07. The van der Waals surface area contributed by atoms with Gasteiger partial charge in [-0.15, -0.1) is 0 Å². The van der Waals surface area contributed by atoms with Gasteiger partial charge in [0.15, 0.2) is 0 Å². The molecule has 0 saturated heterocycles. The van der Waals surface area contributed by atoms with Crippen LogP contribution in [0.25, 0.3) is 0 Å². The van der Waals surface area contributed by atoms with E-state index in [1.54, 1.807) is 0 Å². The monoisotopic (exact) mass is 192 g/mol. The van der Waals surface area contributed by atoms with Crippen molar-refractivity contribution in [2.24, 2.45) is 0 Å². The van der Waals surface area contributed by atoms with Gasteiger partial charge in [0.2, 0.25) is 0 Å². The SMILES string of the molecule is O=[14C](O)c1cc(Cl)ccc1Cl. The lowest BCUT2D eigenvalue weighted by Crippen LogP contribution is -1.96. The average Bonchev–Trinajstić information content (AvgIpc) is 1.94. The smallest absolute Gasteiger partial charge is 0.337 e. The van der Waals surface area contributed by atoms with Crippen molar-refractivity contribution in [1.82, 2.24) is 0 Å². The van der Waals surface area contributed by atoms with E-state index in [2.05, 4.69) is 0 Å². The van der Waals surface area contributed by atoms with Crippen LogP contribution in [0.2, 0.25) is 10.0 Å². The Balaban J connectivity index is 3.23. The number of carbonyl (C=O) groups is 1. The van der Waals surface area contributed by atoms with Crippen LogP contribution in [-0.4, -0.2) is 11.1 Å². The second-order valence-electron chi connectivity index (χ2n) is 1.93. The molecule has 0 bridgehead atoms. The first kappa shape index (κ1) is 8.37. The van der Waals surface area contributed by atoms with E-state index in [1.165, 1.54) is 18.2 Å². The highest BCUT2D eigenvalue weighted by Crippen LogP contribution is 2.20. The van der Waals surface area contributed by atoms with Crippen molar-refractivity contribution < 1.29 is 9.90 Å². The molecule has 4 heteroatoms. The minimum Gasteiger partial charge on any atom is -0.478 e. The van der Waals surface area contributed by atoms with Gasteiger partial charge >= 0.3 is 5.97 Å². The van der Waals surface area contributed by atoms with Gasteiger partial charge in [0.05, 0.1) is 10.6 Å². The number of hydrogen-bond acceptors (Lipinski definition) is 1. The van der Waals surface area contributed by atoms with Crippen LogP contribution in [0.1, 0.15) is 10.4 Å². The lowest BCUT2D eigenvalue weighted by Gasteiger charge is -1.97. The Kier molecular flexibility index (Phi) is 2.37. The number of aromatic carboxylic acids is 1. The van der Waals surface area contributed by atoms with Gasteiger partial charge in [0.1, 0.15) is 0 Å². The number of carboxylic acid groups (broad SMARTS) is 1. The molecule has 0 fully saturated rings. The van der Waals surface area contributed by atoms with Gasteiger partial charge in [-0.3, -0.25) is 0 Å². The summed E-state index contributed by atoms with van der Waals surface area (Å²) in [5.74, 6) is -1.07. The summed E-state index contributed by atoms with van der Waals surface area (Å²) in [4.78, 5) is 10.4. The maximum absolute atomic E-state index is 10.4. The summed E-state index contributed by atoms with van der Waals surface area (Å²) in [6.07, 6.45) is 0. The number of hydrogen-bond donors (Lipinski definition) is 1. The highest BCUT2D eigenvalue weighted by atomic mass is 35.5. The number of benzene rings is 1. The fourth-order valence-electron chi connectivity index (χ4n) is 0.661. The van der Waals surface area contributed by atoms with E-state index < -0.39 is 5.97 Å². The molecular formula is C7H4Cl2O2. The van der Waals surface area contributed by atoms with Crippen molar-refractivity contribution in [3.63, 3.8) is 0 Å². The molecule has 0 saturated carbocycles. The molecule has 0 aliphatic rings. The first-order valence-electron chi connectivity index (χ1n) is 2.79. The lowest BCUT2D eigenvalue weighted by atomic mass is 10.3. The van der Waals surface area contributed by atoms with Crippen LogP contribution in [-0.2, 0) is 0 Å². The van der Waals surface area contributed by atoms with Crippen LogP contribution in [0.5, 0.6) is 0 Å². The zero-order valence-corrected chi connectivity index (χ0v) is 6.86. The summed E-state index contributed by atoms with van der Waals surface area (Å²) in [6.45, 7) is 0. The van der Waals surface area contributed by atoms with E-state index in [0.29, 0.717) is 5.02 Å². The third-order valence-electron chi connectivity index (χ3n) is 1.16. The normalized spacial score (nSPS) is 9.64. The van der Waals surface area contributed by atoms with Crippen LogP contribution in [0.15, 0.2) is 18.2 Å². The standard InChI is InChI=1S/C7H4Cl2O2/c8-4-1-2-6(9)5(3-4)7(10)11/h1-3H,(H,10,11)/i7+2. The molecule has 1 rings (SSSR count). The van der Waals surface area contributed by atoms with E-state index in [4.69, 9.17) is 28.3 Å². The molecule has 0 aliphatic heterocycles. The summed E-state index contributed by atoms with van der Waals surface area (Å²) in [5, 5.41) is 9.11. The molecule has 0 atom stereocenters. The third-order valence-corrected chi connectivity index (χ3v) is 1.72. The molecule has 0 heterocycles. The van der Waals surface area contributed by atoms with Gasteiger partial charge < -0.3 is 5.11 Å². The molecule has 0 spiro atoms. The zero-order chi connectivity index (χ0) is 8.43. The second kappa shape index (κ2) is 3.11. The Morgan fingerprint density at radius 3 is 2.45 bits per heavy atom. The molecule has 1 N–H and O–H groups in total. The summed E-state index contributed by atoms with van der Waals surface area (Å²) < 4.78 is 0. The predicted octanol–water partition coefficient (Wildman–Crippen LogP) is 2.69. The van der Waals surface area contributed by atoms with E-state index >= 15 is 0 Å². The number of rotatable bonds is 1. The Morgan fingerprint density at radius 1 is 1.36 bits per heavy atom. The van der Waals surface area contributed by atoms with E-state index in [-0.39, 0.29) is 10.6 Å². The first-order chi connectivity index (χ1) is 5.11. The van der Waals surface area contributed by atoms with Gasteiger partial charge in [-0.1, -0.05) is 23.2 Å². The topological polar surface area (TPSA) is 37.3 Å². The molecule has 58 valence electrons. The molecule has 0 amide bonds. The van der Waals surface area contributed by atoms with E-state index in [1.807, 2.05) is 0 Å². The molecule has 1 aromatic rings. The Labute approximate surface area is 73.4 Å². The Bertz CT molecular complexity index is 296. The summed E-state index contributed by atoms with van der Waals surface area (Å²) in [7, 11) is 0. The Hall–Kier alpha value is -0.730. The number of carboxylic acids is 1. The van der Waals surface area contributed by atoms with Crippen molar-refractivity contribution in [2.45, 2.75) is 0 Å². The Morgan fingerprint density at radius 2 is 2.00 bits per heavy atom. The molecule has 2 nitrogen and oxygen atoms in total. The van der Waals surface area contributed by atoms with Crippen LogP contribution in [0.3, 0.4) is 0 Å². The minimum atomic E-state index is -1.07. The second-order valence-corrected chi connectivity index (χ2v) is 2.77. The van der Waals surface area contributed by atoms with Gasteiger partial charge in [0.25, 0.3) is 0 Å². The first-order valence-corrected chi connectivity index (χ1v) is 3.55. The molecular weight excluding hydrogens is 189 g/mol. The van der Waals surface area contributed by atoms with Crippen molar-refractivity contribution in [3.05, 3.63) is 33.8 Å². The molecule has 1 aromatic carbocycles. The maximum Gasteiger partial charge on any atom is 0.337 e. The van der Waals surface area contributed by atoms with Crippen molar-refractivity contribution in [3.8, 4) is 0 Å². The highest BCUT2D eigenvalue weighted by molar-refractivity contribution is 6.35. The van der Waals surface area contributed by atoms with Crippen LogP contribution < -0.4 is 0 Å². The van der Waals surface area contributed by atoms with Crippen molar-refractivity contribution in [2.75, 3.05) is 0 Å². The van der Waals surface area contributed by atoms with Gasteiger partial charge in [-0.2, -0.15) is 0 Å². The molecule has 11 heavy (non-hydrogen) atoms. The molecule has 0 radical (unpaired) electrons. The molecule has 0 unspecified atom stereocenters. The maximum atomic E-state index is 10.4. The predicted molar refractivity (Wildman–Crippen MR) is 43.4 cm³/mol. The fourth-order valence-corrected chi connectivity index (χ4v) is 1.03. The van der Waals surface area contributed by atoms with Gasteiger partial charge in [-0.25, -0.2) is 4.79 Å². The van der Waals surface area contributed by atoms with Crippen molar-refractivity contribution >= 4 is 29.2 Å². The minimum absolute atomic E-state index is 0.0270. The van der Waals surface area contributed by atoms with Gasteiger partial charge in [-0.05, 0) is 18.2 Å². The zero-order valence-electron chi connectivity index (χ0n) is 5.34. The fraction of sp³-hybridized carbons (Fsp3) is 0. The lowest BCUT2D eigenvalue weighted by molar-refractivity contribution is 0.0697. The van der Waals surface area contributed by atoms with Crippen LogP contribution in [0, 0.1) is 0 Å². The number of halogens is 2. The van der Waals surface area contributed by atoms with E-state index in [0.717, 1.165) is 0 Å². The summed E-state index contributed by atoms with van der Waals surface area (Å²) in [6, 6.07) is 4.30. The van der Waals surface area contributed by atoms with Crippen LogP contribution >= 0.6 is 23.2 Å². The molecule has 0 aromatic heterocycles. The van der Waals surface area contributed by atoms with Gasteiger partial charge in [0, 0.05) is 5.02 Å². The largest absolute Gasteiger partial charge is 0.478 e. The van der Waals surface area contributed by atoms with E-state index in [9.17, 15) is 4.79 Å². The van der Waals surface area contributed by atoms with Crippen LogP contribution in [0.4, 0.5) is 0 Å². The summed E-state index contributed by atoms with van der Waals surface area (Å²) >= 11 is 11.1. The average molecular weight is 193 g/mol. The summed E-state index contributed by atoms with van der Waals surface area (Å²) in [5.41, 5.74) is 0.0270. The van der Waals surface area contributed by atoms with Crippen molar-refractivity contribution in [1.29, 1.82) is 0 Å². The molecule has 0 aliphatic carbocycles.